The van der Waals surface area contributed by atoms with Crippen molar-refractivity contribution in [2.24, 2.45) is 0 Å². The maximum absolute atomic E-state index is 12.4. The Morgan fingerprint density at radius 3 is 2.68 bits per heavy atom. The molecule has 0 radical (unpaired) electrons. The Hall–Kier alpha value is -2.67. The predicted octanol–water partition coefficient (Wildman–Crippen LogP) is 0.908. The molecule has 1 aliphatic rings. The number of amides is 2. The minimum absolute atomic E-state index is 0.105. The summed E-state index contributed by atoms with van der Waals surface area (Å²) in [6.45, 7) is 3.31. The molecule has 1 aromatic carbocycles. The molecule has 132 valence electrons. The second-order valence-corrected chi connectivity index (χ2v) is 6.11. The topological polar surface area (TPSA) is 87.5 Å². The van der Waals surface area contributed by atoms with E-state index < -0.39 is 6.10 Å². The minimum Gasteiger partial charge on any atom is -0.389 e. The van der Waals surface area contributed by atoms with E-state index in [0.717, 1.165) is 0 Å². The highest BCUT2D eigenvalue weighted by Gasteiger charge is 2.32. The number of rotatable bonds is 4. The highest BCUT2D eigenvalue weighted by molar-refractivity contribution is 5.94. The first-order valence-corrected chi connectivity index (χ1v) is 8.45. The summed E-state index contributed by atoms with van der Waals surface area (Å²) >= 11 is 0. The van der Waals surface area contributed by atoms with Crippen molar-refractivity contribution in [3.63, 3.8) is 0 Å². The van der Waals surface area contributed by atoms with E-state index in [2.05, 4.69) is 10.4 Å². The summed E-state index contributed by atoms with van der Waals surface area (Å²) in [7, 11) is 0. The first kappa shape index (κ1) is 17.2. The van der Waals surface area contributed by atoms with Gasteiger partial charge in [0, 0.05) is 31.4 Å². The van der Waals surface area contributed by atoms with Gasteiger partial charge < -0.3 is 15.3 Å². The predicted molar refractivity (Wildman–Crippen MR) is 92.1 cm³/mol. The number of piperidine rings is 1. The van der Waals surface area contributed by atoms with Crippen LogP contribution in [-0.4, -0.2) is 56.8 Å². The molecule has 7 heteroatoms. The molecule has 2 atom stereocenters. The number of aliphatic hydroxyl groups excluding tert-OH is 1. The molecule has 25 heavy (non-hydrogen) atoms. The number of hydrogen-bond donors (Lipinski definition) is 2. The highest BCUT2D eigenvalue weighted by Crippen LogP contribution is 2.15. The van der Waals surface area contributed by atoms with Gasteiger partial charge in [0.2, 0.25) is 0 Å². The van der Waals surface area contributed by atoms with Crippen molar-refractivity contribution in [1.82, 2.24) is 20.0 Å². The van der Waals surface area contributed by atoms with Crippen LogP contribution in [-0.2, 0) is 6.54 Å². The third-order valence-corrected chi connectivity index (χ3v) is 4.40. The van der Waals surface area contributed by atoms with Crippen molar-refractivity contribution in [2.45, 2.75) is 32.0 Å². The molecule has 1 saturated heterocycles. The summed E-state index contributed by atoms with van der Waals surface area (Å²) in [5.41, 5.74) is 0.930. The largest absolute Gasteiger partial charge is 0.389 e. The van der Waals surface area contributed by atoms with Crippen LogP contribution in [0.3, 0.4) is 0 Å². The van der Waals surface area contributed by atoms with Crippen LogP contribution in [0.25, 0.3) is 0 Å². The van der Waals surface area contributed by atoms with E-state index in [0.29, 0.717) is 30.8 Å². The van der Waals surface area contributed by atoms with Crippen molar-refractivity contribution in [3.8, 4) is 0 Å². The fourth-order valence-electron chi connectivity index (χ4n) is 2.95. The molecule has 0 unspecified atom stereocenters. The molecule has 0 spiro atoms. The molecular formula is C18H22N4O3. The number of nitrogens with one attached hydrogen (secondary N) is 1. The number of β-amino-alcohol motifs (C(OH)–C–C–N with tert-alkyl or cyclic N) is 1. The number of likely N-dealkylation sites (tertiary alicyclic amines) is 1. The van der Waals surface area contributed by atoms with Gasteiger partial charge in [-0.3, -0.25) is 14.3 Å². The van der Waals surface area contributed by atoms with Crippen molar-refractivity contribution in [1.29, 1.82) is 0 Å². The first-order valence-electron chi connectivity index (χ1n) is 8.45. The maximum atomic E-state index is 12.4. The lowest BCUT2D eigenvalue weighted by atomic mass is 10.0. The van der Waals surface area contributed by atoms with Gasteiger partial charge in [-0.25, -0.2) is 0 Å². The Labute approximate surface area is 146 Å². The van der Waals surface area contributed by atoms with Crippen molar-refractivity contribution in [3.05, 3.63) is 53.9 Å². The van der Waals surface area contributed by atoms with E-state index in [1.165, 1.54) is 0 Å². The van der Waals surface area contributed by atoms with E-state index in [1.54, 1.807) is 34.0 Å². The third kappa shape index (κ3) is 3.88. The molecule has 2 amide bonds. The maximum Gasteiger partial charge on any atom is 0.272 e. The van der Waals surface area contributed by atoms with E-state index in [9.17, 15) is 14.7 Å². The van der Waals surface area contributed by atoms with E-state index in [-0.39, 0.29) is 24.4 Å². The summed E-state index contributed by atoms with van der Waals surface area (Å²) in [5.74, 6) is -0.412. The van der Waals surface area contributed by atoms with Crippen LogP contribution >= 0.6 is 0 Å². The Bertz CT molecular complexity index is 744. The van der Waals surface area contributed by atoms with E-state index >= 15 is 0 Å². The van der Waals surface area contributed by atoms with Gasteiger partial charge in [-0.1, -0.05) is 18.2 Å². The number of aliphatic hydroxyl groups is 1. The molecule has 1 fully saturated rings. The summed E-state index contributed by atoms with van der Waals surface area (Å²) < 4.78 is 1.67. The second kappa shape index (κ2) is 7.48. The fourth-order valence-corrected chi connectivity index (χ4v) is 2.95. The number of carbonyl (C=O) groups is 2. The van der Waals surface area contributed by atoms with Crippen LogP contribution in [0.15, 0.2) is 42.6 Å². The first-order chi connectivity index (χ1) is 12.1. The number of aromatic nitrogens is 2. The van der Waals surface area contributed by atoms with Crippen LogP contribution in [0.4, 0.5) is 0 Å². The molecule has 0 aliphatic carbocycles. The van der Waals surface area contributed by atoms with Crippen molar-refractivity contribution < 1.29 is 14.7 Å². The van der Waals surface area contributed by atoms with Gasteiger partial charge in [-0.05, 0) is 31.5 Å². The summed E-state index contributed by atoms with van der Waals surface area (Å²) in [5, 5.41) is 17.3. The molecule has 2 heterocycles. The number of carbonyl (C=O) groups excluding carboxylic acids is 2. The molecular weight excluding hydrogens is 320 g/mol. The molecule has 7 nitrogen and oxygen atoms in total. The lowest BCUT2D eigenvalue weighted by molar-refractivity contribution is 0.0314. The number of nitrogens with zero attached hydrogens (tertiary/aromatic N) is 3. The van der Waals surface area contributed by atoms with E-state index in [4.69, 9.17) is 0 Å². The Balaban J connectivity index is 1.58. The Kier molecular flexibility index (Phi) is 5.14. The standard InChI is InChI=1S/C18H22N4O3/c1-2-22-11-9-15(20-22)17(24)19-14-8-10-21(12-16(14)23)18(25)13-6-4-3-5-7-13/h3-7,9,11,14,16,23H,2,8,10,12H2,1H3,(H,19,24)/t14-,16-/m1/s1. The van der Waals surface area contributed by atoms with E-state index in [1.807, 2.05) is 25.1 Å². The Morgan fingerprint density at radius 1 is 1.28 bits per heavy atom. The average molecular weight is 342 g/mol. The highest BCUT2D eigenvalue weighted by atomic mass is 16.3. The summed E-state index contributed by atoms with van der Waals surface area (Å²) in [4.78, 5) is 26.3. The van der Waals surface area contributed by atoms with Gasteiger partial charge in [0.1, 0.15) is 5.69 Å². The molecule has 1 aromatic heterocycles. The summed E-state index contributed by atoms with van der Waals surface area (Å²) in [6.07, 6.45) is 1.44. The third-order valence-electron chi connectivity index (χ3n) is 4.40. The second-order valence-electron chi connectivity index (χ2n) is 6.11. The molecule has 2 aromatic rings. The van der Waals surface area contributed by atoms with Gasteiger partial charge in [0.25, 0.3) is 11.8 Å². The van der Waals surface area contributed by atoms with Crippen LogP contribution in [0.2, 0.25) is 0 Å². The average Bonchev–Trinajstić information content (AvgIpc) is 3.13. The van der Waals surface area contributed by atoms with Gasteiger partial charge in [0.05, 0.1) is 12.1 Å². The Morgan fingerprint density at radius 2 is 2.04 bits per heavy atom. The quantitative estimate of drug-likeness (QED) is 0.864. The van der Waals surface area contributed by atoms with Gasteiger partial charge >= 0.3 is 0 Å². The normalized spacial score (nSPS) is 20.3. The zero-order valence-electron chi connectivity index (χ0n) is 14.1. The monoisotopic (exact) mass is 342 g/mol. The molecule has 2 N–H and O–H groups in total. The molecule has 1 aliphatic heterocycles. The lowest BCUT2D eigenvalue weighted by Crippen LogP contribution is -2.55. The number of benzene rings is 1. The van der Waals surface area contributed by atoms with Crippen molar-refractivity contribution in [2.75, 3.05) is 13.1 Å². The lowest BCUT2D eigenvalue weighted by Gasteiger charge is -2.36. The number of hydrogen-bond acceptors (Lipinski definition) is 4. The molecule has 0 bridgehead atoms. The van der Waals surface area contributed by atoms with Crippen LogP contribution in [0.5, 0.6) is 0 Å². The fraction of sp³-hybridized carbons (Fsp3) is 0.389. The van der Waals surface area contributed by atoms with Gasteiger partial charge in [-0.2, -0.15) is 5.10 Å². The van der Waals surface area contributed by atoms with Crippen LogP contribution in [0.1, 0.15) is 34.2 Å². The minimum atomic E-state index is -0.807. The smallest absolute Gasteiger partial charge is 0.272 e. The van der Waals surface area contributed by atoms with Crippen molar-refractivity contribution >= 4 is 11.8 Å². The molecule has 3 rings (SSSR count). The summed E-state index contributed by atoms with van der Waals surface area (Å²) in [6, 6.07) is 10.3. The van der Waals surface area contributed by atoms with Crippen LogP contribution in [0, 0.1) is 0 Å². The van der Waals surface area contributed by atoms with Crippen LogP contribution < -0.4 is 5.32 Å². The van der Waals surface area contributed by atoms with Gasteiger partial charge in [-0.15, -0.1) is 0 Å². The molecule has 0 saturated carbocycles. The number of aryl methyl sites for hydroxylation is 1. The zero-order chi connectivity index (χ0) is 17.8. The SMILES string of the molecule is CCn1ccc(C(=O)N[C@@H]2CCN(C(=O)c3ccccc3)C[C@H]2O)n1. The van der Waals surface area contributed by atoms with Gasteiger partial charge in [0.15, 0.2) is 0 Å². The zero-order valence-corrected chi connectivity index (χ0v) is 14.1.